The molecule has 0 atom stereocenters. The molecule has 2 N–H and O–H groups in total. The molecule has 4 nitrogen and oxygen atoms in total. The zero-order chi connectivity index (χ0) is 15.6. The largest absolute Gasteiger partial charge is 0.398 e. The fourth-order valence-electron chi connectivity index (χ4n) is 2.83. The molecular weight excluding hydrogens is 296 g/mol. The second-order valence-electron chi connectivity index (χ2n) is 5.59. The number of piperidine rings is 1. The fourth-order valence-corrected chi connectivity index (χ4v) is 4.25. The number of nitrogens with zero attached hydrogens (tertiary/aromatic N) is 1. The first-order valence-corrected chi connectivity index (χ1v) is 9.02. The van der Waals surface area contributed by atoms with E-state index in [2.05, 4.69) is 4.90 Å². The van der Waals surface area contributed by atoms with Crippen LogP contribution in [0.4, 0.5) is 11.4 Å². The van der Waals surface area contributed by atoms with Crippen molar-refractivity contribution in [1.29, 1.82) is 0 Å². The van der Waals surface area contributed by atoms with Gasteiger partial charge in [-0.05, 0) is 49.6 Å². The molecule has 0 radical (unpaired) electrons. The summed E-state index contributed by atoms with van der Waals surface area (Å²) in [6.07, 6.45) is 3.52. The highest BCUT2D eigenvalue weighted by atomic mass is 32.2. The molecule has 0 unspecified atom stereocenters. The van der Waals surface area contributed by atoms with Crippen molar-refractivity contribution < 1.29 is 8.42 Å². The lowest BCUT2D eigenvalue weighted by Gasteiger charge is -2.29. The molecule has 116 valence electrons. The predicted octanol–water partition coefficient (Wildman–Crippen LogP) is 3.09. The van der Waals surface area contributed by atoms with Crippen LogP contribution in [0.3, 0.4) is 0 Å². The van der Waals surface area contributed by atoms with Crippen LogP contribution >= 0.6 is 0 Å². The number of sulfone groups is 1. The lowest BCUT2D eigenvalue weighted by molar-refractivity contribution is 0.577. The first kappa shape index (κ1) is 14.9. The number of benzene rings is 2. The minimum absolute atomic E-state index is 0.196. The summed E-state index contributed by atoms with van der Waals surface area (Å²) in [6.45, 7) is 1.93. The van der Waals surface area contributed by atoms with Gasteiger partial charge < -0.3 is 10.6 Å². The second-order valence-corrected chi connectivity index (χ2v) is 7.50. The van der Waals surface area contributed by atoms with Crippen molar-refractivity contribution >= 4 is 21.2 Å². The van der Waals surface area contributed by atoms with E-state index >= 15 is 0 Å². The molecule has 3 rings (SSSR count). The average Bonchev–Trinajstić information content (AvgIpc) is 2.57. The predicted molar refractivity (Wildman–Crippen MR) is 88.8 cm³/mol. The van der Waals surface area contributed by atoms with Gasteiger partial charge in [-0.3, -0.25) is 0 Å². The van der Waals surface area contributed by atoms with E-state index in [0.717, 1.165) is 31.6 Å². The molecule has 0 saturated carbocycles. The van der Waals surface area contributed by atoms with Gasteiger partial charge in [0.15, 0.2) is 0 Å². The first-order valence-electron chi connectivity index (χ1n) is 7.54. The van der Waals surface area contributed by atoms with Gasteiger partial charge in [-0.25, -0.2) is 8.42 Å². The molecular formula is C17H20N2O2S. The summed E-state index contributed by atoms with van der Waals surface area (Å²) in [5, 5.41) is 0. The summed E-state index contributed by atoms with van der Waals surface area (Å²) in [6, 6.07) is 13.7. The Morgan fingerprint density at radius 3 is 2.27 bits per heavy atom. The van der Waals surface area contributed by atoms with Crippen molar-refractivity contribution in [2.75, 3.05) is 23.7 Å². The van der Waals surface area contributed by atoms with Gasteiger partial charge in [0.1, 0.15) is 0 Å². The molecule has 1 aliphatic heterocycles. The van der Waals surface area contributed by atoms with Gasteiger partial charge in [0.05, 0.1) is 15.5 Å². The third-order valence-electron chi connectivity index (χ3n) is 4.06. The van der Waals surface area contributed by atoms with E-state index in [4.69, 9.17) is 5.73 Å². The van der Waals surface area contributed by atoms with Crippen LogP contribution in [0.25, 0.3) is 0 Å². The van der Waals surface area contributed by atoms with Gasteiger partial charge in [-0.2, -0.15) is 0 Å². The molecule has 1 saturated heterocycles. The standard InChI is InChI=1S/C17H20N2O2S/c18-16-10-9-14(19-11-5-2-6-12-19)13-17(16)22(20,21)15-7-3-1-4-8-15/h1,3-4,7-10,13H,2,5-6,11-12,18H2. The molecule has 22 heavy (non-hydrogen) atoms. The van der Waals surface area contributed by atoms with Crippen LogP contribution in [0.1, 0.15) is 19.3 Å². The van der Waals surface area contributed by atoms with Gasteiger partial charge in [-0.15, -0.1) is 0 Å². The summed E-state index contributed by atoms with van der Waals surface area (Å²) in [5.74, 6) is 0. The van der Waals surface area contributed by atoms with Crippen LogP contribution in [-0.4, -0.2) is 21.5 Å². The van der Waals surface area contributed by atoms with E-state index in [-0.39, 0.29) is 9.79 Å². The van der Waals surface area contributed by atoms with Gasteiger partial charge >= 0.3 is 0 Å². The molecule has 0 spiro atoms. The Morgan fingerprint density at radius 1 is 0.909 bits per heavy atom. The van der Waals surface area contributed by atoms with Gasteiger partial charge in [0.25, 0.3) is 0 Å². The van der Waals surface area contributed by atoms with E-state index < -0.39 is 9.84 Å². The maximum atomic E-state index is 12.8. The second kappa shape index (κ2) is 6.01. The van der Waals surface area contributed by atoms with Crippen molar-refractivity contribution in [3.05, 3.63) is 48.5 Å². The highest BCUT2D eigenvalue weighted by Gasteiger charge is 2.22. The normalized spacial score (nSPS) is 15.7. The molecule has 0 aromatic heterocycles. The van der Waals surface area contributed by atoms with E-state index in [1.54, 1.807) is 42.5 Å². The minimum atomic E-state index is -3.58. The lowest BCUT2D eigenvalue weighted by atomic mass is 10.1. The molecule has 5 heteroatoms. The van der Waals surface area contributed by atoms with Crippen LogP contribution in [0, 0.1) is 0 Å². The van der Waals surface area contributed by atoms with Crippen molar-refractivity contribution in [3.63, 3.8) is 0 Å². The van der Waals surface area contributed by atoms with Crippen molar-refractivity contribution in [2.24, 2.45) is 0 Å². The van der Waals surface area contributed by atoms with Crippen LogP contribution < -0.4 is 10.6 Å². The topological polar surface area (TPSA) is 63.4 Å². The average molecular weight is 316 g/mol. The van der Waals surface area contributed by atoms with E-state index in [1.807, 2.05) is 6.07 Å². The number of nitrogen functional groups attached to an aromatic ring is 1. The summed E-state index contributed by atoms with van der Waals surface area (Å²) in [4.78, 5) is 2.70. The zero-order valence-corrected chi connectivity index (χ0v) is 13.2. The number of anilines is 2. The Bertz CT molecular complexity index is 751. The van der Waals surface area contributed by atoms with Crippen LogP contribution in [0.15, 0.2) is 58.3 Å². The molecule has 2 aromatic rings. The number of nitrogens with two attached hydrogens (primary N) is 1. The molecule has 0 amide bonds. The Kier molecular flexibility index (Phi) is 4.07. The molecule has 2 aromatic carbocycles. The summed E-state index contributed by atoms with van der Waals surface area (Å²) >= 11 is 0. The summed E-state index contributed by atoms with van der Waals surface area (Å²) < 4.78 is 25.6. The zero-order valence-electron chi connectivity index (χ0n) is 12.4. The third kappa shape index (κ3) is 2.81. The number of hydrogen-bond acceptors (Lipinski definition) is 4. The smallest absolute Gasteiger partial charge is 0.208 e. The quantitative estimate of drug-likeness (QED) is 0.884. The SMILES string of the molecule is Nc1ccc(N2CCCCC2)cc1S(=O)(=O)c1ccccc1. The van der Waals surface area contributed by atoms with Crippen molar-refractivity contribution in [2.45, 2.75) is 29.1 Å². The lowest BCUT2D eigenvalue weighted by Crippen LogP contribution is -2.29. The fraction of sp³-hybridized carbons (Fsp3) is 0.294. The maximum Gasteiger partial charge on any atom is 0.208 e. The number of rotatable bonds is 3. The molecule has 0 aliphatic carbocycles. The van der Waals surface area contributed by atoms with Gasteiger partial charge in [0.2, 0.25) is 9.84 Å². The highest BCUT2D eigenvalue weighted by Crippen LogP contribution is 2.30. The monoisotopic (exact) mass is 316 g/mol. The number of hydrogen-bond donors (Lipinski definition) is 1. The summed E-state index contributed by atoms with van der Waals surface area (Å²) in [5.41, 5.74) is 7.17. The Hall–Kier alpha value is -2.01. The van der Waals surface area contributed by atoms with Crippen LogP contribution in [-0.2, 0) is 9.84 Å². The molecule has 0 bridgehead atoms. The third-order valence-corrected chi connectivity index (χ3v) is 5.89. The first-order chi connectivity index (χ1) is 10.6. The van der Waals surface area contributed by atoms with Crippen LogP contribution in [0.2, 0.25) is 0 Å². The Balaban J connectivity index is 2.03. The minimum Gasteiger partial charge on any atom is -0.398 e. The molecule has 1 heterocycles. The summed E-state index contributed by atoms with van der Waals surface area (Å²) in [7, 11) is -3.58. The van der Waals surface area contributed by atoms with Gasteiger partial charge in [0, 0.05) is 18.8 Å². The van der Waals surface area contributed by atoms with E-state index in [9.17, 15) is 8.42 Å². The van der Waals surface area contributed by atoms with Crippen molar-refractivity contribution in [1.82, 2.24) is 0 Å². The van der Waals surface area contributed by atoms with Crippen LogP contribution in [0.5, 0.6) is 0 Å². The van der Waals surface area contributed by atoms with E-state index in [1.165, 1.54) is 6.42 Å². The molecule has 1 fully saturated rings. The van der Waals surface area contributed by atoms with Crippen molar-refractivity contribution in [3.8, 4) is 0 Å². The highest BCUT2D eigenvalue weighted by molar-refractivity contribution is 7.91. The maximum absolute atomic E-state index is 12.8. The Labute approximate surface area is 131 Å². The van der Waals surface area contributed by atoms with E-state index in [0.29, 0.717) is 5.69 Å². The van der Waals surface area contributed by atoms with Gasteiger partial charge in [-0.1, -0.05) is 18.2 Å². The molecule has 1 aliphatic rings. The Morgan fingerprint density at radius 2 is 1.59 bits per heavy atom.